The first-order chi connectivity index (χ1) is 8.61. The highest BCUT2D eigenvalue weighted by atomic mass is 16.2. The highest BCUT2D eigenvalue weighted by Crippen LogP contribution is 2.22. The summed E-state index contributed by atoms with van der Waals surface area (Å²) in [7, 11) is 0. The molecule has 0 aromatic carbocycles. The van der Waals surface area contributed by atoms with E-state index in [0.29, 0.717) is 19.0 Å². The molecule has 2 rings (SSSR count). The normalized spacial score (nSPS) is 24.0. The molecule has 1 aliphatic rings. The summed E-state index contributed by atoms with van der Waals surface area (Å²) in [6.45, 7) is 3.32. The minimum absolute atomic E-state index is 0.0648. The number of aromatic nitrogens is 2. The predicted molar refractivity (Wildman–Crippen MR) is 67.1 cm³/mol. The second-order valence-electron chi connectivity index (χ2n) is 4.82. The van der Waals surface area contributed by atoms with Crippen LogP contribution in [0.3, 0.4) is 0 Å². The summed E-state index contributed by atoms with van der Waals surface area (Å²) in [5.74, 6) is 0.430. The van der Waals surface area contributed by atoms with E-state index in [1.54, 1.807) is 4.90 Å². The Morgan fingerprint density at radius 1 is 1.61 bits per heavy atom. The largest absolute Gasteiger partial charge is 0.333 e. The highest BCUT2D eigenvalue weighted by molar-refractivity contribution is 5.92. The number of aromatic amines is 1. The molecule has 0 aliphatic carbocycles. The number of hydrogen-bond acceptors (Lipinski definition) is 4. The van der Waals surface area contributed by atoms with Crippen molar-refractivity contribution in [3.63, 3.8) is 0 Å². The van der Waals surface area contributed by atoms with Crippen LogP contribution in [0.5, 0.6) is 0 Å². The molecular formula is C12H18N4O2. The maximum Gasteiger partial charge on any atom is 0.274 e. The summed E-state index contributed by atoms with van der Waals surface area (Å²) in [4.78, 5) is 25.0. The molecule has 0 spiro atoms. The number of rotatable bonds is 2. The van der Waals surface area contributed by atoms with Gasteiger partial charge in [-0.15, -0.1) is 0 Å². The number of hydrogen-bond donors (Lipinski definition) is 2. The summed E-state index contributed by atoms with van der Waals surface area (Å²) < 4.78 is 0. The van der Waals surface area contributed by atoms with Gasteiger partial charge in [0.2, 0.25) is 0 Å². The Labute approximate surface area is 105 Å². The number of nitrogens with one attached hydrogen (secondary N) is 1. The predicted octanol–water partition coefficient (Wildman–Crippen LogP) is -0.0307. The summed E-state index contributed by atoms with van der Waals surface area (Å²) in [5.41, 5.74) is 5.68. The Bertz CT molecular complexity index is 465. The van der Waals surface area contributed by atoms with Crippen molar-refractivity contribution in [2.45, 2.75) is 25.8 Å². The van der Waals surface area contributed by atoms with Gasteiger partial charge in [0.1, 0.15) is 5.69 Å². The Morgan fingerprint density at radius 3 is 3.00 bits per heavy atom. The van der Waals surface area contributed by atoms with Gasteiger partial charge in [0.25, 0.3) is 11.5 Å². The molecule has 0 radical (unpaired) electrons. The van der Waals surface area contributed by atoms with Crippen LogP contribution in [0.2, 0.25) is 0 Å². The van der Waals surface area contributed by atoms with E-state index in [0.717, 1.165) is 12.8 Å². The van der Waals surface area contributed by atoms with Crippen LogP contribution in [0.25, 0.3) is 0 Å². The lowest BCUT2D eigenvalue weighted by Gasteiger charge is -2.37. The quantitative estimate of drug-likeness (QED) is 0.771. The van der Waals surface area contributed by atoms with Crippen LogP contribution < -0.4 is 11.3 Å². The first-order valence-electron chi connectivity index (χ1n) is 6.18. The molecule has 6 heteroatoms. The van der Waals surface area contributed by atoms with E-state index in [4.69, 9.17) is 5.73 Å². The molecule has 1 fully saturated rings. The second-order valence-corrected chi connectivity index (χ2v) is 4.82. The average Bonchev–Trinajstić information content (AvgIpc) is 2.38. The van der Waals surface area contributed by atoms with Crippen LogP contribution in [0.1, 0.15) is 30.3 Å². The minimum atomic E-state index is -0.311. The first-order valence-corrected chi connectivity index (χ1v) is 6.18. The van der Waals surface area contributed by atoms with Gasteiger partial charge in [0.15, 0.2) is 0 Å². The monoisotopic (exact) mass is 250 g/mol. The molecule has 98 valence electrons. The molecule has 1 aromatic heterocycles. The van der Waals surface area contributed by atoms with Gasteiger partial charge in [0, 0.05) is 25.2 Å². The molecule has 1 aliphatic heterocycles. The summed E-state index contributed by atoms with van der Waals surface area (Å²) in [6, 6.07) is 2.83. The van der Waals surface area contributed by atoms with Crippen molar-refractivity contribution >= 4 is 5.91 Å². The molecule has 6 nitrogen and oxygen atoms in total. The van der Waals surface area contributed by atoms with Gasteiger partial charge in [-0.25, -0.2) is 5.10 Å². The SMILES string of the molecule is CC1CCN(C(=O)c2ccc(=O)[nH]n2)C(CN)C1. The third-order valence-corrected chi connectivity index (χ3v) is 3.41. The Kier molecular flexibility index (Phi) is 3.76. The average molecular weight is 250 g/mol. The number of nitrogens with zero attached hydrogens (tertiary/aromatic N) is 2. The molecule has 18 heavy (non-hydrogen) atoms. The molecule has 2 unspecified atom stereocenters. The fraction of sp³-hybridized carbons (Fsp3) is 0.583. The van der Waals surface area contributed by atoms with Crippen molar-refractivity contribution in [3.05, 3.63) is 28.2 Å². The van der Waals surface area contributed by atoms with Crippen LogP contribution in [-0.2, 0) is 0 Å². The molecule has 1 saturated heterocycles. The molecule has 2 heterocycles. The smallest absolute Gasteiger partial charge is 0.274 e. The number of nitrogens with two attached hydrogens (primary N) is 1. The first kappa shape index (κ1) is 12.8. The number of carbonyl (C=O) groups excluding carboxylic acids is 1. The van der Waals surface area contributed by atoms with Crippen molar-refractivity contribution in [1.29, 1.82) is 0 Å². The van der Waals surface area contributed by atoms with Gasteiger partial charge in [-0.1, -0.05) is 6.92 Å². The molecule has 1 aromatic rings. The third kappa shape index (κ3) is 2.59. The van der Waals surface area contributed by atoms with Crippen molar-refractivity contribution in [2.24, 2.45) is 11.7 Å². The lowest BCUT2D eigenvalue weighted by atomic mass is 9.92. The van der Waals surface area contributed by atoms with E-state index in [1.165, 1.54) is 12.1 Å². The summed E-state index contributed by atoms with van der Waals surface area (Å²) in [5, 5.41) is 6.05. The lowest BCUT2D eigenvalue weighted by molar-refractivity contribution is 0.0566. The van der Waals surface area contributed by atoms with Gasteiger partial charge >= 0.3 is 0 Å². The number of likely N-dealkylation sites (tertiary alicyclic amines) is 1. The topological polar surface area (TPSA) is 92.1 Å². The number of piperidine rings is 1. The van der Waals surface area contributed by atoms with E-state index < -0.39 is 0 Å². The van der Waals surface area contributed by atoms with E-state index in [2.05, 4.69) is 17.1 Å². The fourth-order valence-corrected chi connectivity index (χ4v) is 2.35. The number of amides is 1. The maximum atomic E-state index is 12.3. The number of H-pyrrole nitrogens is 1. The van der Waals surface area contributed by atoms with E-state index in [-0.39, 0.29) is 23.2 Å². The molecule has 1 amide bonds. The van der Waals surface area contributed by atoms with Crippen molar-refractivity contribution in [3.8, 4) is 0 Å². The van der Waals surface area contributed by atoms with Crippen LogP contribution >= 0.6 is 0 Å². The zero-order valence-corrected chi connectivity index (χ0v) is 10.4. The molecule has 0 bridgehead atoms. The van der Waals surface area contributed by atoms with Gasteiger partial charge in [-0.3, -0.25) is 9.59 Å². The molecular weight excluding hydrogens is 232 g/mol. The van der Waals surface area contributed by atoms with Crippen LogP contribution in [-0.4, -0.2) is 40.1 Å². The Hall–Kier alpha value is -1.69. The van der Waals surface area contributed by atoms with Crippen molar-refractivity contribution in [1.82, 2.24) is 15.1 Å². The third-order valence-electron chi connectivity index (χ3n) is 3.41. The van der Waals surface area contributed by atoms with E-state index in [9.17, 15) is 9.59 Å². The zero-order chi connectivity index (χ0) is 13.1. The highest BCUT2D eigenvalue weighted by Gasteiger charge is 2.30. The Morgan fingerprint density at radius 2 is 2.39 bits per heavy atom. The fourth-order valence-electron chi connectivity index (χ4n) is 2.35. The second kappa shape index (κ2) is 5.30. The van der Waals surface area contributed by atoms with E-state index >= 15 is 0 Å². The minimum Gasteiger partial charge on any atom is -0.333 e. The van der Waals surface area contributed by atoms with Gasteiger partial charge < -0.3 is 10.6 Å². The standard InChI is InChI=1S/C12H18N4O2/c1-8-4-5-16(9(6-8)7-13)12(18)10-2-3-11(17)15-14-10/h2-3,8-9H,4-7,13H2,1H3,(H,15,17). The van der Waals surface area contributed by atoms with Crippen LogP contribution in [0.4, 0.5) is 0 Å². The van der Waals surface area contributed by atoms with Gasteiger partial charge in [-0.05, 0) is 24.8 Å². The summed E-state index contributed by atoms with van der Waals surface area (Å²) >= 11 is 0. The van der Waals surface area contributed by atoms with Crippen LogP contribution in [0.15, 0.2) is 16.9 Å². The summed E-state index contributed by atoms with van der Waals surface area (Å²) in [6.07, 6.45) is 1.90. The Balaban J connectivity index is 2.17. The lowest BCUT2D eigenvalue weighted by Crippen LogP contribution is -2.49. The molecule has 0 saturated carbocycles. The van der Waals surface area contributed by atoms with Crippen LogP contribution in [0, 0.1) is 5.92 Å². The van der Waals surface area contributed by atoms with Gasteiger partial charge in [0.05, 0.1) is 0 Å². The van der Waals surface area contributed by atoms with Crippen molar-refractivity contribution in [2.75, 3.05) is 13.1 Å². The molecule has 2 atom stereocenters. The zero-order valence-electron chi connectivity index (χ0n) is 10.4. The van der Waals surface area contributed by atoms with E-state index in [1.807, 2.05) is 0 Å². The number of carbonyl (C=O) groups is 1. The van der Waals surface area contributed by atoms with Gasteiger partial charge in [-0.2, -0.15) is 5.10 Å². The molecule has 3 N–H and O–H groups in total. The maximum absolute atomic E-state index is 12.3. The van der Waals surface area contributed by atoms with Crippen molar-refractivity contribution < 1.29 is 4.79 Å².